The molecule has 0 atom stereocenters. The van der Waals surface area contributed by atoms with Gasteiger partial charge in [-0.1, -0.05) is 54.6 Å². The van der Waals surface area contributed by atoms with Crippen LogP contribution in [0.25, 0.3) is 43.9 Å². The number of pyridine rings is 2. The van der Waals surface area contributed by atoms with Crippen molar-refractivity contribution < 1.29 is 4.74 Å². The molecule has 0 radical (unpaired) electrons. The van der Waals surface area contributed by atoms with Crippen LogP contribution in [0.15, 0.2) is 104 Å². The number of nitrogens with one attached hydrogen (secondary N) is 1. The second-order valence-corrected chi connectivity index (χ2v) is 11.2. The first-order valence-electron chi connectivity index (χ1n) is 14.7. The molecule has 0 unspecified atom stereocenters. The number of hydrogen-bond donors (Lipinski definition) is 1. The highest BCUT2D eigenvalue weighted by molar-refractivity contribution is 5.97. The van der Waals surface area contributed by atoms with Gasteiger partial charge in [-0.3, -0.25) is 14.9 Å². The highest BCUT2D eigenvalue weighted by atomic mass is 16.5. The van der Waals surface area contributed by atoms with Crippen molar-refractivity contribution in [1.82, 2.24) is 24.8 Å². The van der Waals surface area contributed by atoms with Gasteiger partial charge in [0.25, 0.3) is 0 Å². The van der Waals surface area contributed by atoms with E-state index in [-0.39, 0.29) is 0 Å². The highest BCUT2D eigenvalue weighted by Crippen LogP contribution is 2.36. The lowest BCUT2D eigenvalue weighted by molar-refractivity contribution is 0.148. The molecule has 1 saturated heterocycles. The van der Waals surface area contributed by atoms with E-state index in [1.807, 2.05) is 30.9 Å². The molecule has 0 amide bonds. The van der Waals surface area contributed by atoms with Crippen molar-refractivity contribution in [2.75, 3.05) is 39.8 Å². The molecule has 0 aliphatic carbocycles. The molecule has 6 nitrogen and oxygen atoms in total. The van der Waals surface area contributed by atoms with Crippen LogP contribution in [0, 0.1) is 0 Å². The van der Waals surface area contributed by atoms with Crippen LogP contribution in [-0.2, 0) is 13.0 Å². The fraction of sp³-hybridized carbons (Fsp3) is 0.222. The number of fused-ring (bicyclic) bond motifs is 2. The molecule has 3 aromatic heterocycles. The van der Waals surface area contributed by atoms with Crippen LogP contribution in [0.1, 0.15) is 11.1 Å². The van der Waals surface area contributed by atoms with Gasteiger partial charge in [0.2, 0.25) is 0 Å². The molecular weight excluding hydrogens is 518 g/mol. The Kier molecular flexibility index (Phi) is 7.39. The summed E-state index contributed by atoms with van der Waals surface area (Å²) < 4.78 is 6.56. The smallest absolute Gasteiger partial charge is 0.127 e. The molecule has 1 aliphatic heterocycles. The summed E-state index contributed by atoms with van der Waals surface area (Å²) in [7, 11) is 2.20. The number of likely N-dealkylation sites (N-methyl/N-ethyl adjacent to an activating group) is 1. The lowest BCUT2D eigenvalue weighted by Gasteiger charge is -2.32. The topological polar surface area (TPSA) is 57.3 Å². The van der Waals surface area contributed by atoms with Crippen molar-refractivity contribution in [2.45, 2.75) is 13.0 Å². The molecular formula is C36H35N5O. The van der Waals surface area contributed by atoms with Crippen molar-refractivity contribution >= 4 is 21.7 Å². The fourth-order valence-electron chi connectivity index (χ4n) is 5.95. The summed E-state index contributed by atoms with van der Waals surface area (Å²) in [5.41, 5.74) is 8.23. The van der Waals surface area contributed by atoms with Crippen molar-refractivity contribution in [1.29, 1.82) is 0 Å². The Labute approximate surface area is 246 Å². The minimum Gasteiger partial charge on any atom is -0.493 e. The summed E-state index contributed by atoms with van der Waals surface area (Å²) in [6.07, 6.45) is 10.4. The van der Waals surface area contributed by atoms with Crippen LogP contribution >= 0.6 is 0 Å². The van der Waals surface area contributed by atoms with Gasteiger partial charge in [0.1, 0.15) is 5.75 Å². The maximum absolute atomic E-state index is 6.56. The summed E-state index contributed by atoms with van der Waals surface area (Å²) in [6.45, 7) is 5.94. The van der Waals surface area contributed by atoms with Gasteiger partial charge in [0.15, 0.2) is 0 Å². The van der Waals surface area contributed by atoms with Crippen LogP contribution in [0.5, 0.6) is 5.75 Å². The molecule has 1 N–H and O–H groups in total. The SMILES string of the molecule is CN1CCN(Cc2ccc(-c3c[nH]c4ccncc34)c(OCCc3ccc(-c4cccc5ccncc45)cc3)c2)CC1. The van der Waals surface area contributed by atoms with E-state index < -0.39 is 0 Å². The number of rotatable bonds is 8. The number of piperazine rings is 1. The molecule has 6 aromatic rings. The van der Waals surface area contributed by atoms with E-state index in [1.165, 1.54) is 33.0 Å². The van der Waals surface area contributed by atoms with Crippen LogP contribution in [-0.4, -0.2) is 64.6 Å². The zero-order chi connectivity index (χ0) is 28.3. The van der Waals surface area contributed by atoms with Gasteiger partial charge < -0.3 is 14.6 Å². The molecule has 0 bridgehead atoms. The second-order valence-electron chi connectivity index (χ2n) is 11.2. The molecule has 3 aromatic carbocycles. The third kappa shape index (κ3) is 5.51. The molecule has 0 saturated carbocycles. The molecule has 1 aliphatic rings. The predicted molar refractivity (Wildman–Crippen MR) is 171 cm³/mol. The molecule has 4 heterocycles. The van der Waals surface area contributed by atoms with Crippen LogP contribution in [0.3, 0.4) is 0 Å². The number of hydrogen-bond acceptors (Lipinski definition) is 5. The lowest BCUT2D eigenvalue weighted by atomic mass is 9.98. The van der Waals surface area contributed by atoms with Gasteiger partial charge in [-0.2, -0.15) is 0 Å². The molecule has 6 heteroatoms. The minimum absolute atomic E-state index is 0.600. The largest absolute Gasteiger partial charge is 0.493 e. The monoisotopic (exact) mass is 553 g/mol. The Hall–Kier alpha value is -4.52. The van der Waals surface area contributed by atoms with Gasteiger partial charge in [-0.05, 0) is 52.9 Å². The third-order valence-corrected chi connectivity index (χ3v) is 8.42. The minimum atomic E-state index is 0.600. The average molecular weight is 554 g/mol. The Morgan fingerprint density at radius 2 is 1.55 bits per heavy atom. The zero-order valence-corrected chi connectivity index (χ0v) is 24.0. The quantitative estimate of drug-likeness (QED) is 0.224. The number of aromatic nitrogens is 3. The average Bonchev–Trinajstić information content (AvgIpc) is 3.46. The van der Waals surface area contributed by atoms with Gasteiger partial charge in [-0.15, -0.1) is 0 Å². The molecule has 7 rings (SSSR count). The molecule has 42 heavy (non-hydrogen) atoms. The van der Waals surface area contributed by atoms with E-state index in [9.17, 15) is 0 Å². The summed E-state index contributed by atoms with van der Waals surface area (Å²) in [5, 5.41) is 3.48. The van der Waals surface area contributed by atoms with Gasteiger partial charge in [0.05, 0.1) is 6.61 Å². The zero-order valence-electron chi connectivity index (χ0n) is 24.0. The van der Waals surface area contributed by atoms with Gasteiger partial charge in [-0.25, -0.2) is 0 Å². The number of benzene rings is 3. The summed E-state index contributed by atoms with van der Waals surface area (Å²) in [6, 6.07) is 26.0. The summed E-state index contributed by atoms with van der Waals surface area (Å²) in [4.78, 5) is 17.0. The van der Waals surface area contributed by atoms with E-state index >= 15 is 0 Å². The van der Waals surface area contributed by atoms with E-state index in [2.05, 4.69) is 105 Å². The van der Waals surface area contributed by atoms with Gasteiger partial charge >= 0.3 is 0 Å². The molecule has 210 valence electrons. The lowest BCUT2D eigenvalue weighted by Crippen LogP contribution is -2.43. The van der Waals surface area contributed by atoms with Crippen molar-refractivity contribution in [3.8, 4) is 28.0 Å². The maximum atomic E-state index is 6.56. The normalized spacial score (nSPS) is 14.5. The first-order valence-corrected chi connectivity index (χ1v) is 14.7. The van der Waals surface area contributed by atoms with Crippen molar-refractivity contribution in [3.05, 3.63) is 115 Å². The van der Waals surface area contributed by atoms with E-state index in [4.69, 9.17) is 4.74 Å². The number of nitrogens with zero attached hydrogens (tertiary/aromatic N) is 4. The van der Waals surface area contributed by atoms with E-state index in [1.54, 1.807) is 0 Å². The Bertz CT molecular complexity index is 1810. The first-order chi connectivity index (χ1) is 20.7. The Morgan fingerprint density at radius 1 is 0.762 bits per heavy atom. The highest BCUT2D eigenvalue weighted by Gasteiger charge is 2.17. The Balaban J connectivity index is 1.10. The fourth-order valence-corrected chi connectivity index (χ4v) is 5.95. The predicted octanol–water partition coefficient (Wildman–Crippen LogP) is 6.81. The van der Waals surface area contributed by atoms with Crippen molar-refractivity contribution in [2.24, 2.45) is 0 Å². The first kappa shape index (κ1) is 26.4. The van der Waals surface area contributed by atoms with E-state index in [0.717, 1.165) is 66.9 Å². The maximum Gasteiger partial charge on any atom is 0.127 e. The number of H-pyrrole nitrogens is 1. The van der Waals surface area contributed by atoms with Crippen molar-refractivity contribution in [3.63, 3.8) is 0 Å². The number of ether oxygens (including phenoxy) is 1. The summed E-state index contributed by atoms with van der Waals surface area (Å²) in [5.74, 6) is 0.922. The van der Waals surface area contributed by atoms with Crippen LogP contribution in [0.2, 0.25) is 0 Å². The standard InChI is InChI=1S/C36H35N5O/c1-40-16-18-41(19-17-40)25-27-7-10-31(33-24-39-35-12-15-38-23-34(33)35)36(21-27)42-20-13-26-5-8-29(9-6-26)30-4-2-3-28-11-14-37-22-32(28)30/h2-12,14-15,21-24,39H,13,16-20,25H2,1H3. The van der Waals surface area contributed by atoms with Crippen LogP contribution < -0.4 is 4.74 Å². The third-order valence-electron chi connectivity index (χ3n) is 8.42. The Morgan fingerprint density at radius 3 is 2.40 bits per heavy atom. The second kappa shape index (κ2) is 11.8. The van der Waals surface area contributed by atoms with Crippen LogP contribution in [0.4, 0.5) is 0 Å². The molecule has 1 fully saturated rings. The summed E-state index contributed by atoms with van der Waals surface area (Å²) >= 11 is 0. The molecule has 0 spiro atoms. The van der Waals surface area contributed by atoms with Gasteiger partial charge in [0, 0.05) is 97.5 Å². The van der Waals surface area contributed by atoms with E-state index in [0.29, 0.717) is 6.61 Å². The number of aromatic amines is 1.